The number of rotatable bonds is 5. The van der Waals surface area contributed by atoms with Crippen LogP contribution in [0.2, 0.25) is 0 Å². The monoisotopic (exact) mass is 395 g/mol. The number of furan rings is 1. The number of halogens is 2. The van der Waals surface area contributed by atoms with Crippen molar-refractivity contribution in [3.63, 3.8) is 0 Å². The molecule has 0 atom stereocenters. The first-order valence-corrected chi connectivity index (χ1v) is 9.27. The number of nitrogens with zero attached hydrogens (tertiary/aromatic N) is 1. The van der Waals surface area contributed by atoms with Crippen molar-refractivity contribution in [1.29, 1.82) is 0 Å². The second kappa shape index (κ2) is 9.92. The van der Waals surface area contributed by atoms with Gasteiger partial charge in [0.05, 0.1) is 12.1 Å². The fraction of sp³-hybridized carbons (Fsp3) is 0.688. The van der Waals surface area contributed by atoms with E-state index in [0.29, 0.717) is 17.9 Å². The molecular formula is C16H27Cl2N3O2S. The molecule has 3 N–H and O–H groups in total. The summed E-state index contributed by atoms with van der Waals surface area (Å²) in [6, 6.07) is 1.73. The lowest BCUT2D eigenvalue weighted by molar-refractivity contribution is 0.0817. The third-order valence-electron chi connectivity index (χ3n) is 4.91. The molecule has 1 saturated carbocycles. The van der Waals surface area contributed by atoms with Crippen LogP contribution in [-0.2, 0) is 6.54 Å². The van der Waals surface area contributed by atoms with Crippen molar-refractivity contribution in [2.75, 3.05) is 31.1 Å². The molecule has 2 fully saturated rings. The minimum Gasteiger partial charge on any atom is -0.467 e. The molecule has 1 saturated heterocycles. The van der Waals surface area contributed by atoms with Crippen LogP contribution in [0.4, 0.5) is 0 Å². The third kappa shape index (κ3) is 4.82. The van der Waals surface area contributed by atoms with Gasteiger partial charge in [-0.3, -0.25) is 9.69 Å². The molecule has 0 spiro atoms. The van der Waals surface area contributed by atoms with Crippen LogP contribution in [0, 0.1) is 0 Å². The van der Waals surface area contributed by atoms with Crippen LogP contribution < -0.4 is 11.1 Å². The maximum atomic E-state index is 12.3. The molecule has 1 aliphatic carbocycles. The normalized spacial score (nSPS) is 20.0. The van der Waals surface area contributed by atoms with Gasteiger partial charge in [-0.05, 0) is 18.9 Å². The van der Waals surface area contributed by atoms with Crippen molar-refractivity contribution in [2.45, 2.75) is 37.8 Å². The van der Waals surface area contributed by atoms with Gasteiger partial charge in [0.2, 0.25) is 0 Å². The lowest BCUT2D eigenvalue weighted by Crippen LogP contribution is -2.56. The van der Waals surface area contributed by atoms with E-state index in [2.05, 4.69) is 10.2 Å². The van der Waals surface area contributed by atoms with E-state index in [4.69, 9.17) is 10.2 Å². The summed E-state index contributed by atoms with van der Waals surface area (Å²) in [5.74, 6) is 3.00. The molecule has 0 aromatic carbocycles. The molecule has 0 radical (unpaired) electrons. The van der Waals surface area contributed by atoms with Gasteiger partial charge in [-0.1, -0.05) is 12.8 Å². The largest absolute Gasteiger partial charge is 0.467 e. The first kappa shape index (κ1) is 21.6. The lowest BCUT2D eigenvalue weighted by atomic mass is 9.94. The Labute approximate surface area is 160 Å². The Morgan fingerprint density at radius 3 is 2.54 bits per heavy atom. The van der Waals surface area contributed by atoms with Crippen molar-refractivity contribution in [1.82, 2.24) is 10.2 Å². The van der Waals surface area contributed by atoms with E-state index >= 15 is 0 Å². The van der Waals surface area contributed by atoms with Crippen molar-refractivity contribution in [3.05, 3.63) is 23.7 Å². The molecule has 2 heterocycles. The van der Waals surface area contributed by atoms with E-state index in [-0.39, 0.29) is 36.3 Å². The summed E-state index contributed by atoms with van der Waals surface area (Å²) < 4.78 is 5.25. The summed E-state index contributed by atoms with van der Waals surface area (Å²) >= 11 is 2.03. The fourth-order valence-electron chi connectivity index (χ4n) is 3.63. The van der Waals surface area contributed by atoms with Gasteiger partial charge in [-0.2, -0.15) is 11.8 Å². The molecule has 5 nitrogen and oxygen atoms in total. The first-order valence-electron chi connectivity index (χ1n) is 8.12. The van der Waals surface area contributed by atoms with Crippen molar-refractivity contribution >= 4 is 42.5 Å². The molecule has 8 heteroatoms. The Kier molecular flexibility index (Phi) is 8.95. The van der Waals surface area contributed by atoms with Crippen LogP contribution >= 0.6 is 36.6 Å². The molecule has 1 aliphatic heterocycles. The highest BCUT2D eigenvalue weighted by Crippen LogP contribution is 2.36. The van der Waals surface area contributed by atoms with E-state index in [1.165, 1.54) is 43.5 Å². The van der Waals surface area contributed by atoms with Gasteiger partial charge in [0.1, 0.15) is 12.0 Å². The Morgan fingerprint density at radius 1 is 1.29 bits per heavy atom. The SMILES string of the molecule is Cl.Cl.NCc1cc(C(=O)NCC2(N3CCSCC3)CCCC2)co1. The first-order chi connectivity index (χ1) is 10.7. The van der Waals surface area contributed by atoms with Crippen LogP contribution in [0.15, 0.2) is 16.7 Å². The van der Waals surface area contributed by atoms with E-state index in [0.717, 1.165) is 19.6 Å². The minimum absolute atomic E-state index is 0. The summed E-state index contributed by atoms with van der Waals surface area (Å²) in [4.78, 5) is 14.9. The highest BCUT2D eigenvalue weighted by molar-refractivity contribution is 7.99. The average Bonchev–Trinajstić information content (AvgIpc) is 3.23. The van der Waals surface area contributed by atoms with Crippen LogP contribution in [0.25, 0.3) is 0 Å². The van der Waals surface area contributed by atoms with Crippen molar-refractivity contribution in [3.8, 4) is 0 Å². The number of hydrogen-bond acceptors (Lipinski definition) is 5. The summed E-state index contributed by atoms with van der Waals surface area (Å²) in [5, 5.41) is 3.13. The van der Waals surface area contributed by atoms with Crippen LogP contribution in [0.3, 0.4) is 0 Å². The average molecular weight is 396 g/mol. The second-order valence-corrected chi connectivity index (χ2v) is 7.44. The van der Waals surface area contributed by atoms with Gasteiger partial charge in [0.15, 0.2) is 0 Å². The van der Waals surface area contributed by atoms with Gasteiger partial charge in [-0.25, -0.2) is 0 Å². The van der Waals surface area contributed by atoms with Crippen LogP contribution in [0.1, 0.15) is 41.8 Å². The van der Waals surface area contributed by atoms with Crippen LogP contribution in [-0.4, -0.2) is 47.5 Å². The van der Waals surface area contributed by atoms with Crippen molar-refractivity contribution < 1.29 is 9.21 Å². The molecule has 24 heavy (non-hydrogen) atoms. The molecule has 0 bridgehead atoms. The molecule has 2 aliphatic rings. The fourth-order valence-corrected chi connectivity index (χ4v) is 4.53. The number of amides is 1. The lowest BCUT2D eigenvalue weighted by Gasteiger charge is -2.43. The van der Waals surface area contributed by atoms with Gasteiger partial charge < -0.3 is 15.5 Å². The van der Waals surface area contributed by atoms with Gasteiger partial charge >= 0.3 is 0 Å². The molecule has 1 aromatic heterocycles. The van der Waals surface area contributed by atoms with Gasteiger partial charge in [0, 0.05) is 36.7 Å². The molecule has 3 rings (SSSR count). The van der Waals surface area contributed by atoms with E-state index in [1.807, 2.05) is 11.8 Å². The summed E-state index contributed by atoms with van der Waals surface area (Å²) in [6.07, 6.45) is 6.41. The summed E-state index contributed by atoms with van der Waals surface area (Å²) in [5.41, 5.74) is 6.26. The zero-order chi connectivity index (χ0) is 15.4. The zero-order valence-electron chi connectivity index (χ0n) is 13.8. The predicted molar refractivity (Wildman–Crippen MR) is 104 cm³/mol. The van der Waals surface area contributed by atoms with Crippen molar-refractivity contribution in [2.24, 2.45) is 5.73 Å². The van der Waals surface area contributed by atoms with Gasteiger partial charge in [-0.15, -0.1) is 24.8 Å². The highest BCUT2D eigenvalue weighted by Gasteiger charge is 2.40. The minimum atomic E-state index is -0.0545. The van der Waals surface area contributed by atoms with E-state index in [9.17, 15) is 4.79 Å². The number of nitrogens with one attached hydrogen (secondary N) is 1. The summed E-state index contributed by atoms with van der Waals surface area (Å²) in [6.45, 7) is 3.34. The van der Waals surface area contributed by atoms with Gasteiger partial charge in [0.25, 0.3) is 5.91 Å². The Morgan fingerprint density at radius 2 is 1.96 bits per heavy atom. The smallest absolute Gasteiger partial charge is 0.254 e. The predicted octanol–water partition coefficient (Wildman–Crippen LogP) is 2.67. The third-order valence-corrected chi connectivity index (χ3v) is 5.85. The maximum Gasteiger partial charge on any atom is 0.254 e. The number of nitrogens with two attached hydrogens (primary N) is 1. The topological polar surface area (TPSA) is 71.5 Å². The molecule has 0 unspecified atom stereocenters. The molecule has 1 aromatic rings. The van der Waals surface area contributed by atoms with E-state index in [1.54, 1.807) is 6.07 Å². The maximum absolute atomic E-state index is 12.3. The number of hydrogen-bond donors (Lipinski definition) is 2. The van der Waals surface area contributed by atoms with E-state index < -0.39 is 0 Å². The second-order valence-electron chi connectivity index (χ2n) is 6.22. The number of carbonyl (C=O) groups is 1. The zero-order valence-corrected chi connectivity index (χ0v) is 16.2. The molecule has 1 amide bonds. The standard InChI is InChI=1S/C16H25N3O2S.2ClH/c17-10-14-9-13(11-21-14)15(20)18-12-16(3-1-2-4-16)19-5-7-22-8-6-19;;/h9,11H,1-8,10,12,17H2,(H,18,20);2*1H. The Hall–Kier alpha value is -0.400. The quantitative estimate of drug-likeness (QED) is 0.801. The van der Waals surface area contributed by atoms with Crippen LogP contribution in [0.5, 0.6) is 0 Å². The Bertz CT molecular complexity index is 515. The Balaban J connectivity index is 0.00000144. The number of thioether (sulfide) groups is 1. The number of carbonyl (C=O) groups excluding carboxylic acids is 1. The summed E-state index contributed by atoms with van der Waals surface area (Å²) in [7, 11) is 0. The molecule has 138 valence electrons. The molecular weight excluding hydrogens is 369 g/mol. The highest BCUT2D eigenvalue weighted by atomic mass is 35.5.